The lowest BCUT2D eigenvalue weighted by molar-refractivity contribution is -0.123. The van der Waals surface area contributed by atoms with E-state index in [1.165, 1.54) is 19.4 Å². The molecule has 3 aromatic carbocycles. The van der Waals surface area contributed by atoms with Gasteiger partial charge in [0.1, 0.15) is 5.75 Å². The monoisotopic (exact) mass is 550 g/mol. The molecule has 0 saturated heterocycles. The molecule has 0 aliphatic carbocycles. The molecule has 0 unspecified atom stereocenters. The molecule has 7 nitrogen and oxygen atoms in total. The van der Waals surface area contributed by atoms with E-state index < -0.39 is 11.9 Å². The number of halogens is 3. The Morgan fingerprint density at radius 3 is 2.52 bits per heavy atom. The number of ether oxygens (including phenoxy) is 3. The number of hydrogen-bond acceptors (Lipinski definition) is 6. The molecule has 1 amide bonds. The van der Waals surface area contributed by atoms with Crippen LogP contribution in [0.25, 0.3) is 0 Å². The zero-order valence-electron chi connectivity index (χ0n) is 17.2. The van der Waals surface area contributed by atoms with Crippen molar-refractivity contribution in [2.45, 2.75) is 0 Å². The van der Waals surface area contributed by atoms with E-state index in [0.29, 0.717) is 37.1 Å². The Kier molecular flexibility index (Phi) is 8.71. The maximum atomic E-state index is 12.4. The number of amides is 1. The van der Waals surface area contributed by atoms with Crippen molar-refractivity contribution >= 4 is 57.2 Å². The summed E-state index contributed by atoms with van der Waals surface area (Å²) in [5, 5.41) is 4.65. The van der Waals surface area contributed by atoms with E-state index in [2.05, 4.69) is 26.5 Å². The van der Waals surface area contributed by atoms with Crippen molar-refractivity contribution in [3.05, 3.63) is 86.3 Å². The number of nitrogens with zero attached hydrogens (tertiary/aromatic N) is 1. The van der Waals surface area contributed by atoms with E-state index >= 15 is 0 Å². The molecule has 0 atom stereocenters. The van der Waals surface area contributed by atoms with Crippen molar-refractivity contribution in [3.63, 3.8) is 0 Å². The topological polar surface area (TPSA) is 86.2 Å². The van der Waals surface area contributed by atoms with Crippen LogP contribution in [-0.2, 0) is 4.79 Å². The number of nitrogens with one attached hydrogen (secondary N) is 1. The summed E-state index contributed by atoms with van der Waals surface area (Å²) >= 11 is 15.1. The molecular weight excluding hydrogens is 535 g/mol. The van der Waals surface area contributed by atoms with Crippen molar-refractivity contribution in [2.75, 3.05) is 13.7 Å². The molecule has 0 fully saturated rings. The molecule has 0 spiro atoms. The Hall–Kier alpha value is -3.07. The van der Waals surface area contributed by atoms with E-state index in [-0.39, 0.29) is 12.4 Å². The van der Waals surface area contributed by atoms with Crippen LogP contribution in [0.2, 0.25) is 10.0 Å². The van der Waals surface area contributed by atoms with Crippen LogP contribution in [0.5, 0.6) is 17.2 Å². The number of esters is 1. The summed E-state index contributed by atoms with van der Waals surface area (Å²) in [6.45, 7) is -0.286. The van der Waals surface area contributed by atoms with Crippen molar-refractivity contribution in [3.8, 4) is 17.2 Å². The third kappa shape index (κ3) is 6.95. The number of benzene rings is 3. The number of carbonyl (C=O) groups is 2. The van der Waals surface area contributed by atoms with Crippen LogP contribution in [0.4, 0.5) is 0 Å². The summed E-state index contributed by atoms with van der Waals surface area (Å²) in [6.07, 6.45) is 1.41. The van der Waals surface area contributed by atoms with Crippen LogP contribution < -0.4 is 19.6 Å². The van der Waals surface area contributed by atoms with Crippen molar-refractivity contribution in [1.29, 1.82) is 0 Å². The van der Waals surface area contributed by atoms with Gasteiger partial charge in [-0.1, -0.05) is 35.3 Å². The summed E-state index contributed by atoms with van der Waals surface area (Å²) < 4.78 is 16.7. The molecule has 3 aromatic rings. The molecule has 170 valence electrons. The minimum atomic E-state index is -0.532. The van der Waals surface area contributed by atoms with Gasteiger partial charge < -0.3 is 14.2 Å². The Labute approximate surface area is 208 Å². The van der Waals surface area contributed by atoms with Crippen LogP contribution in [-0.4, -0.2) is 31.8 Å². The van der Waals surface area contributed by atoms with Gasteiger partial charge in [-0.3, -0.25) is 4.79 Å². The SMILES string of the molecule is COc1cc(/C=N/NC(=O)COc2ccc(Cl)cc2Cl)ccc1OC(=O)c1ccccc1Br. The zero-order valence-corrected chi connectivity index (χ0v) is 20.3. The highest BCUT2D eigenvalue weighted by Crippen LogP contribution is 2.29. The first-order valence-electron chi connectivity index (χ1n) is 9.42. The largest absolute Gasteiger partial charge is 0.493 e. The molecule has 0 aliphatic rings. The molecular formula is C23H17BrCl2N2O5. The van der Waals surface area contributed by atoms with E-state index in [0.717, 1.165) is 0 Å². The van der Waals surface area contributed by atoms with Gasteiger partial charge >= 0.3 is 5.97 Å². The second-order valence-electron chi connectivity index (χ2n) is 6.44. The first-order valence-corrected chi connectivity index (χ1v) is 11.0. The lowest BCUT2D eigenvalue weighted by Crippen LogP contribution is -2.24. The second kappa shape index (κ2) is 11.7. The number of hydrogen-bond donors (Lipinski definition) is 1. The fourth-order valence-electron chi connectivity index (χ4n) is 2.58. The van der Waals surface area contributed by atoms with Gasteiger partial charge in [-0.05, 0) is 70.0 Å². The molecule has 3 rings (SSSR count). The van der Waals surface area contributed by atoms with Gasteiger partial charge in [-0.2, -0.15) is 5.10 Å². The Morgan fingerprint density at radius 1 is 1.03 bits per heavy atom. The molecule has 0 bridgehead atoms. The molecule has 0 saturated carbocycles. The third-order valence-corrected chi connectivity index (χ3v) is 5.36. The number of carbonyl (C=O) groups excluding carboxylic acids is 2. The van der Waals surface area contributed by atoms with Gasteiger partial charge in [-0.15, -0.1) is 0 Å². The lowest BCUT2D eigenvalue weighted by atomic mass is 10.2. The summed E-state index contributed by atoms with van der Waals surface area (Å²) in [6, 6.07) is 16.5. The molecule has 1 N–H and O–H groups in total. The fraction of sp³-hybridized carbons (Fsp3) is 0.0870. The molecule has 0 heterocycles. The Balaban J connectivity index is 1.58. The smallest absolute Gasteiger partial charge is 0.344 e. The highest BCUT2D eigenvalue weighted by molar-refractivity contribution is 9.10. The number of methoxy groups -OCH3 is 1. The summed E-state index contributed by atoms with van der Waals surface area (Å²) in [5.74, 6) is -0.116. The van der Waals surface area contributed by atoms with E-state index in [9.17, 15) is 9.59 Å². The highest BCUT2D eigenvalue weighted by atomic mass is 79.9. The summed E-state index contributed by atoms with van der Waals surface area (Å²) in [4.78, 5) is 24.4. The first-order chi connectivity index (χ1) is 15.9. The predicted molar refractivity (Wildman–Crippen MR) is 130 cm³/mol. The van der Waals surface area contributed by atoms with Crippen molar-refractivity contribution in [1.82, 2.24) is 5.43 Å². The molecule has 0 aliphatic heterocycles. The maximum Gasteiger partial charge on any atom is 0.344 e. The van der Waals surface area contributed by atoms with Crippen LogP contribution in [0, 0.1) is 0 Å². The Bertz CT molecular complexity index is 1200. The minimum Gasteiger partial charge on any atom is -0.493 e. The number of hydrazone groups is 1. The molecule has 10 heteroatoms. The van der Waals surface area contributed by atoms with Gasteiger partial charge in [0, 0.05) is 9.50 Å². The van der Waals surface area contributed by atoms with Crippen LogP contribution in [0.3, 0.4) is 0 Å². The summed E-state index contributed by atoms with van der Waals surface area (Å²) in [5.41, 5.74) is 3.34. The Morgan fingerprint density at radius 2 is 1.79 bits per heavy atom. The average Bonchev–Trinajstić information content (AvgIpc) is 2.79. The normalized spacial score (nSPS) is 10.7. The van der Waals surface area contributed by atoms with Gasteiger partial charge in [0.15, 0.2) is 18.1 Å². The van der Waals surface area contributed by atoms with E-state index in [1.54, 1.807) is 54.6 Å². The van der Waals surface area contributed by atoms with Gasteiger partial charge in [0.2, 0.25) is 0 Å². The van der Waals surface area contributed by atoms with Gasteiger partial charge in [0.05, 0.1) is 23.9 Å². The molecule has 0 radical (unpaired) electrons. The van der Waals surface area contributed by atoms with E-state index in [4.69, 9.17) is 37.4 Å². The summed E-state index contributed by atoms with van der Waals surface area (Å²) in [7, 11) is 1.45. The first kappa shape index (κ1) is 24.6. The quantitative estimate of drug-likeness (QED) is 0.172. The molecule has 0 aromatic heterocycles. The highest BCUT2D eigenvalue weighted by Gasteiger charge is 2.15. The molecule has 33 heavy (non-hydrogen) atoms. The fourth-order valence-corrected chi connectivity index (χ4v) is 3.49. The van der Waals surface area contributed by atoms with E-state index in [1.807, 2.05) is 0 Å². The van der Waals surface area contributed by atoms with Crippen LogP contribution in [0.1, 0.15) is 15.9 Å². The lowest BCUT2D eigenvalue weighted by Gasteiger charge is -2.10. The van der Waals surface area contributed by atoms with Crippen molar-refractivity contribution in [2.24, 2.45) is 5.10 Å². The van der Waals surface area contributed by atoms with Crippen LogP contribution >= 0.6 is 39.1 Å². The van der Waals surface area contributed by atoms with Crippen molar-refractivity contribution < 1.29 is 23.8 Å². The van der Waals surface area contributed by atoms with Gasteiger partial charge in [0.25, 0.3) is 5.91 Å². The van der Waals surface area contributed by atoms with Gasteiger partial charge in [-0.25, -0.2) is 10.2 Å². The predicted octanol–water partition coefficient (Wildman–Crippen LogP) is 5.51. The number of rotatable bonds is 8. The standard InChI is InChI=1S/C23H17BrCl2N2O5/c1-31-21-10-14(6-8-20(21)33-23(30)16-4-2-3-5-17(16)24)12-27-28-22(29)13-32-19-9-7-15(25)11-18(19)26/h2-12H,13H2,1H3,(H,28,29)/b27-12+. The maximum absolute atomic E-state index is 12.4. The minimum absolute atomic E-state index is 0.243. The zero-order chi connectivity index (χ0) is 23.8. The second-order valence-corrected chi connectivity index (χ2v) is 8.13. The average molecular weight is 552 g/mol. The third-order valence-electron chi connectivity index (χ3n) is 4.14. The van der Waals surface area contributed by atoms with Crippen LogP contribution in [0.15, 0.2) is 70.2 Å².